The Balaban J connectivity index is 0.000000217. The van der Waals surface area contributed by atoms with Gasteiger partial charge in [0.15, 0.2) is 8.32 Å². The van der Waals surface area contributed by atoms with Crippen LogP contribution in [0, 0.1) is 11.3 Å². The molecule has 0 N–H and O–H groups in total. The van der Waals surface area contributed by atoms with E-state index in [4.69, 9.17) is 4.43 Å². The van der Waals surface area contributed by atoms with Crippen molar-refractivity contribution in [1.82, 2.24) is 0 Å². The summed E-state index contributed by atoms with van der Waals surface area (Å²) in [7, 11) is -1.21. The molecule has 1 saturated heterocycles. The van der Waals surface area contributed by atoms with Crippen molar-refractivity contribution in [3.05, 3.63) is 35.9 Å². The predicted octanol–water partition coefficient (Wildman–Crippen LogP) is 5.86. The van der Waals surface area contributed by atoms with Gasteiger partial charge in [0.05, 0.1) is 0 Å². The van der Waals surface area contributed by atoms with E-state index in [1.54, 1.807) is 0 Å². The second-order valence-electron chi connectivity index (χ2n) is 7.29. The van der Waals surface area contributed by atoms with Crippen LogP contribution in [0.3, 0.4) is 0 Å². The maximum absolute atomic E-state index is 5.94. The molecular weight excluding hydrogens is 328 g/mol. The van der Waals surface area contributed by atoms with Gasteiger partial charge in [0, 0.05) is 11.9 Å². The van der Waals surface area contributed by atoms with Crippen LogP contribution < -0.4 is 0 Å². The maximum Gasteiger partial charge on any atom is 0.186 e. The average molecular weight is 357 g/mol. The first-order valence-corrected chi connectivity index (χ1v) is 11.7. The van der Waals surface area contributed by atoms with E-state index in [0.29, 0.717) is 5.41 Å². The summed E-state index contributed by atoms with van der Waals surface area (Å²) in [6, 6.07) is 11.6. The van der Waals surface area contributed by atoms with E-state index in [1.807, 2.05) is 18.2 Å². The van der Waals surface area contributed by atoms with Gasteiger partial charge in [-0.15, -0.1) is 0 Å². The second-order valence-corrected chi connectivity index (χ2v) is 12.2. The normalized spacial score (nSPS) is 21.8. The van der Waals surface area contributed by atoms with E-state index in [9.17, 15) is 0 Å². The molecule has 0 amide bonds. The van der Waals surface area contributed by atoms with Crippen LogP contribution in [0.4, 0.5) is 0 Å². The van der Waals surface area contributed by atoms with Crippen LogP contribution in [0.25, 0.3) is 0 Å². The number of hydrogen-bond acceptors (Lipinski definition) is 1. The van der Waals surface area contributed by atoms with Crippen molar-refractivity contribution in [3.63, 3.8) is 0 Å². The van der Waals surface area contributed by atoms with Gasteiger partial charge in [-0.05, 0) is 42.5 Å². The molecule has 1 aliphatic rings. The molecule has 3 heteroatoms. The first-order chi connectivity index (χ1) is 9.24. The highest BCUT2D eigenvalue weighted by Crippen LogP contribution is 2.36. The molecular formula is C17H29BrOSi. The topological polar surface area (TPSA) is 9.23 Å². The highest BCUT2D eigenvalue weighted by Gasteiger charge is 2.35. The largest absolute Gasteiger partial charge is 0.417 e. The Kier molecular flexibility index (Phi) is 6.96. The van der Waals surface area contributed by atoms with E-state index >= 15 is 0 Å². The van der Waals surface area contributed by atoms with E-state index in [2.05, 4.69) is 61.9 Å². The molecule has 1 nitrogen and oxygen atoms in total. The molecule has 114 valence electrons. The predicted molar refractivity (Wildman–Crippen MR) is 94.9 cm³/mol. The molecule has 0 aliphatic carbocycles. The summed E-state index contributed by atoms with van der Waals surface area (Å²) in [5.41, 5.74) is 1.76. The Morgan fingerprint density at radius 3 is 2.15 bits per heavy atom. The molecule has 2 rings (SSSR count). The first kappa shape index (κ1) is 17.9. The molecule has 1 atom stereocenters. The molecule has 1 aromatic rings. The summed E-state index contributed by atoms with van der Waals surface area (Å²) in [4.78, 5) is 0. The van der Waals surface area contributed by atoms with Gasteiger partial charge in [-0.25, -0.2) is 0 Å². The Morgan fingerprint density at radius 2 is 1.80 bits per heavy atom. The second kappa shape index (κ2) is 7.76. The average Bonchev–Trinajstić information content (AvgIpc) is 2.39. The third-order valence-corrected chi connectivity index (χ3v) is 7.08. The molecule has 0 saturated carbocycles. The molecule has 0 spiro atoms. The fourth-order valence-corrected chi connectivity index (χ4v) is 4.47. The van der Waals surface area contributed by atoms with Crippen molar-refractivity contribution in [2.45, 2.75) is 51.7 Å². The van der Waals surface area contributed by atoms with Crippen LogP contribution >= 0.6 is 15.9 Å². The number of benzene rings is 1. The zero-order valence-corrected chi connectivity index (χ0v) is 16.2. The lowest BCUT2D eigenvalue weighted by Crippen LogP contribution is -2.41. The highest BCUT2D eigenvalue weighted by atomic mass is 79.9. The summed E-state index contributed by atoms with van der Waals surface area (Å²) < 4.78 is 5.94. The summed E-state index contributed by atoms with van der Waals surface area (Å²) >= 11 is 3.36. The molecule has 20 heavy (non-hydrogen) atoms. The molecule has 1 heterocycles. The van der Waals surface area contributed by atoms with Crippen molar-refractivity contribution in [2.24, 2.45) is 11.3 Å². The van der Waals surface area contributed by atoms with Crippen molar-refractivity contribution in [3.8, 4) is 0 Å². The van der Waals surface area contributed by atoms with Crippen molar-refractivity contribution in [1.29, 1.82) is 0 Å². The molecule has 0 bridgehead atoms. The number of rotatable bonds is 1. The lowest BCUT2D eigenvalue weighted by Gasteiger charge is -2.39. The molecule has 1 aromatic carbocycles. The SMILES string of the molecule is BrCc1ccccc1.CC(C)(C)C1CC[Si](C)(C)OC1. The van der Waals surface area contributed by atoms with Gasteiger partial charge in [-0.2, -0.15) is 0 Å². The first-order valence-electron chi connectivity index (χ1n) is 7.48. The van der Waals surface area contributed by atoms with Crippen molar-refractivity contribution < 1.29 is 4.43 Å². The minimum absolute atomic E-state index is 0.435. The van der Waals surface area contributed by atoms with Crippen LogP contribution in [0.2, 0.25) is 19.1 Å². The Morgan fingerprint density at radius 1 is 1.20 bits per heavy atom. The maximum atomic E-state index is 5.94. The standard InChI is InChI=1S/C10H22OSi.C7H7Br/c1-10(2,3)9-6-7-12(4,5)11-8-9;8-6-7-4-2-1-3-5-7/h9H,6-8H2,1-5H3;1-5H,6H2. The minimum Gasteiger partial charge on any atom is -0.417 e. The summed E-state index contributed by atoms with van der Waals surface area (Å²) in [5.74, 6) is 0.776. The van der Waals surface area contributed by atoms with Gasteiger partial charge in [-0.3, -0.25) is 0 Å². The van der Waals surface area contributed by atoms with E-state index in [1.165, 1.54) is 18.0 Å². The highest BCUT2D eigenvalue weighted by molar-refractivity contribution is 9.08. The quantitative estimate of drug-likeness (QED) is 0.452. The van der Waals surface area contributed by atoms with Gasteiger partial charge < -0.3 is 4.43 Å². The monoisotopic (exact) mass is 356 g/mol. The van der Waals surface area contributed by atoms with Crippen molar-refractivity contribution >= 4 is 24.2 Å². The van der Waals surface area contributed by atoms with Gasteiger partial charge in [0.1, 0.15) is 0 Å². The third kappa shape index (κ3) is 6.55. The number of hydrogen-bond donors (Lipinski definition) is 0. The lowest BCUT2D eigenvalue weighted by atomic mass is 9.80. The van der Waals surface area contributed by atoms with Gasteiger partial charge in [0.25, 0.3) is 0 Å². The van der Waals surface area contributed by atoms with Gasteiger partial charge >= 0.3 is 0 Å². The fraction of sp³-hybridized carbons (Fsp3) is 0.647. The summed E-state index contributed by atoms with van der Waals surface area (Å²) in [6.45, 7) is 12.6. The Bertz CT molecular complexity index is 374. The minimum atomic E-state index is -1.21. The Hall–Kier alpha value is -0.123. The van der Waals surface area contributed by atoms with Gasteiger partial charge in [0.2, 0.25) is 0 Å². The molecule has 1 unspecified atom stereocenters. The lowest BCUT2D eigenvalue weighted by molar-refractivity contribution is 0.116. The van der Waals surface area contributed by atoms with E-state index < -0.39 is 8.32 Å². The van der Waals surface area contributed by atoms with E-state index in [0.717, 1.165) is 17.9 Å². The van der Waals surface area contributed by atoms with Crippen LogP contribution in [0.1, 0.15) is 32.8 Å². The molecule has 0 aromatic heterocycles. The zero-order valence-electron chi connectivity index (χ0n) is 13.6. The number of halogens is 1. The molecule has 1 fully saturated rings. The van der Waals surface area contributed by atoms with Crippen molar-refractivity contribution in [2.75, 3.05) is 6.61 Å². The fourth-order valence-electron chi connectivity index (χ4n) is 2.25. The van der Waals surface area contributed by atoms with Crippen LogP contribution in [-0.4, -0.2) is 14.9 Å². The molecule has 0 radical (unpaired) electrons. The van der Waals surface area contributed by atoms with Crippen LogP contribution in [-0.2, 0) is 9.76 Å². The number of alkyl halides is 1. The third-order valence-electron chi connectivity index (χ3n) is 3.99. The summed E-state index contributed by atoms with van der Waals surface area (Å²) in [6.07, 6.45) is 1.38. The van der Waals surface area contributed by atoms with Crippen LogP contribution in [0.5, 0.6) is 0 Å². The van der Waals surface area contributed by atoms with Crippen LogP contribution in [0.15, 0.2) is 30.3 Å². The smallest absolute Gasteiger partial charge is 0.186 e. The molecule has 1 aliphatic heterocycles. The van der Waals surface area contributed by atoms with E-state index in [-0.39, 0.29) is 0 Å². The van der Waals surface area contributed by atoms with Gasteiger partial charge in [-0.1, -0.05) is 67.0 Å². The zero-order chi connectivity index (χ0) is 15.2. The summed E-state index contributed by atoms with van der Waals surface area (Å²) in [5, 5.41) is 0.952. The Labute approximate surface area is 134 Å².